The fraction of sp³-hybridized carbons (Fsp3) is 0.562. The van der Waals surface area contributed by atoms with Gasteiger partial charge in [-0.3, -0.25) is 4.98 Å². The molecule has 2 heterocycles. The summed E-state index contributed by atoms with van der Waals surface area (Å²) in [5.41, 5.74) is 1.99. The fourth-order valence-electron chi connectivity index (χ4n) is 3.18. The summed E-state index contributed by atoms with van der Waals surface area (Å²) in [5.74, 6) is 1.68. The van der Waals surface area contributed by atoms with Crippen LogP contribution in [0.15, 0.2) is 22.9 Å². The van der Waals surface area contributed by atoms with Crippen LogP contribution in [0.1, 0.15) is 50.0 Å². The lowest BCUT2D eigenvalue weighted by molar-refractivity contribution is 0.270. The second-order valence-electron chi connectivity index (χ2n) is 5.61. The first-order valence-corrected chi connectivity index (χ1v) is 7.78. The molecule has 112 valence electrons. The standard InChI is InChI=1S/C16H22N4O/c1-3-11-7-6-10-18-14(11)15-19-16(21-20-15)12-8-4-5-9-13(12)17-2/h6-7,10,12-13,17H,3-5,8-9H2,1-2H3. The monoisotopic (exact) mass is 286 g/mol. The number of nitrogens with zero attached hydrogens (tertiary/aromatic N) is 3. The topological polar surface area (TPSA) is 63.8 Å². The molecule has 1 fully saturated rings. The van der Waals surface area contributed by atoms with E-state index in [9.17, 15) is 0 Å². The zero-order chi connectivity index (χ0) is 14.7. The summed E-state index contributed by atoms with van der Waals surface area (Å²) in [6.07, 6.45) is 7.46. The molecule has 1 aliphatic carbocycles. The summed E-state index contributed by atoms with van der Waals surface area (Å²) in [7, 11) is 2.01. The SMILES string of the molecule is CCc1cccnc1-c1noc(C2CCCCC2NC)n1. The maximum atomic E-state index is 5.55. The molecular weight excluding hydrogens is 264 g/mol. The second-order valence-corrected chi connectivity index (χ2v) is 5.61. The second kappa shape index (κ2) is 6.35. The molecule has 5 heteroatoms. The molecule has 0 spiro atoms. The maximum absolute atomic E-state index is 5.55. The van der Waals surface area contributed by atoms with Crippen molar-refractivity contribution in [3.05, 3.63) is 29.8 Å². The Morgan fingerprint density at radius 3 is 3.00 bits per heavy atom. The van der Waals surface area contributed by atoms with Crippen LogP contribution in [0.5, 0.6) is 0 Å². The molecule has 0 amide bonds. The first-order chi connectivity index (χ1) is 10.3. The molecule has 1 saturated carbocycles. The van der Waals surface area contributed by atoms with Crippen molar-refractivity contribution in [1.82, 2.24) is 20.4 Å². The molecule has 2 aromatic rings. The number of likely N-dealkylation sites (N-methyl/N-ethyl adjacent to an activating group) is 1. The summed E-state index contributed by atoms with van der Waals surface area (Å²) >= 11 is 0. The minimum absolute atomic E-state index is 0.318. The van der Waals surface area contributed by atoms with Gasteiger partial charge in [0.05, 0.1) is 5.92 Å². The van der Waals surface area contributed by atoms with Gasteiger partial charge in [0, 0.05) is 12.2 Å². The van der Waals surface area contributed by atoms with E-state index in [1.807, 2.05) is 13.1 Å². The van der Waals surface area contributed by atoms with Crippen molar-refractivity contribution in [3.8, 4) is 11.5 Å². The van der Waals surface area contributed by atoms with Crippen molar-refractivity contribution in [2.24, 2.45) is 0 Å². The highest BCUT2D eigenvalue weighted by molar-refractivity contribution is 5.53. The van der Waals surface area contributed by atoms with Crippen LogP contribution < -0.4 is 5.32 Å². The van der Waals surface area contributed by atoms with Crippen molar-refractivity contribution in [2.75, 3.05) is 7.05 Å². The van der Waals surface area contributed by atoms with Gasteiger partial charge in [-0.25, -0.2) is 0 Å². The Kier molecular flexibility index (Phi) is 4.29. The van der Waals surface area contributed by atoms with Crippen molar-refractivity contribution in [1.29, 1.82) is 0 Å². The summed E-state index contributed by atoms with van der Waals surface area (Å²) in [5, 5.41) is 7.54. The predicted octanol–water partition coefficient (Wildman–Crippen LogP) is 2.94. The smallest absolute Gasteiger partial charge is 0.231 e. The molecule has 2 atom stereocenters. The van der Waals surface area contributed by atoms with Crippen molar-refractivity contribution >= 4 is 0 Å². The Bertz CT molecular complexity index is 595. The van der Waals surface area contributed by atoms with E-state index in [0.717, 1.165) is 30.0 Å². The zero-order valence-corrected chi connectivity index (χ0v) is 12.7. The average Bonchev–Trinajstić information content (AvgIpc) is 3.04. The van der Waals surface area contributed by atoms with E-state index in [4.69, 9.17) is 4.52 Å². The van der Waals surface area contributed by atoms with Gasteiger partial charge in [-0.1, -0.05) is 31.0 Å². The van der Waals surface area contributed by atoms with Crippen molar-refractivity contribution in [2.45, 2.75) is 51.0 Å². The predicted molar refractivity (Wildman–Crippen MR) is 81.0 cm³/mol. The van der Waals surface area contributed by atoms with Crippen LogP contribution in [0, 0.1) is 0 Å². The van der Waals surface area contributed by atoms with Gasteiger partial charge >= 0.3 is 0 Å². The summed E-state index contributed by atoms with van der Waals surface area (Å²) in [6.45, 7) is 2.11. The van der Waals surface area contributed by atoms with Gasteiger partial charge in [0.2, 0.25) is 11.7 Å². The maximum Gasteiger partial charge on any atom is 0.231 e. The van der Waals surface area contributed by atoms with Gasteiger partial charge in [-0.2, -0.15) is 4.98 Å². The first kappa shape index (κ1) is 14.2. The molecule has 0 saturated heterocycles. The molecular formula is C16H22N4O. The van der Waals surface area contributed by atoms with Gasteiger partial charge in [0.15, 0.2) is 0 Å². The number of pyridine rings is 1. The number of hydrogen-bond acceptors (Lipinski definition) is 5. The lowest BCUT2D eigenvalue weighted by atomic mass is 9.84. The van der Waals surface area contributed by atoms with Crippen LogP contribution in [0.3, 0.4) is 0 Å². The molecule has 0 aromatic carbocycles. The Balaban J connectivity index is 1.89. The minimum atomic E-state index is 0.318. The molecule has 0 aliphatic heterocycles. The fourth-order valence-corrected chi connectivity index (χ4v) is 3.18. The van der Waals surface area contributed by atoms with E-state index >= 15 is 0 Å². The highest BCUT2D eigenvalue weighted by Gasteiger charge is 2.30. The number of aryl methyl sites for hydroxylation is 1. The summed E-state index contributed by atoms with van der Waals surface area (Å²) in [6, 6.07) is 4.44. The van der Waals surface area contributed by atoms with Crippen LogP contribution in [0.2, 0.25) is 0 Å². The minimum Gasteiger partial charge on any atom is -0.339 e. The Hall–Kier alpha value is -1.75. The molecule has 2 unspecified atom stereocenters. The highest BCUT2D eigenvalue weighted by Crippen LogP contribution is 2.33. The van der Waals surface area contributed by atoms with E-state index in [1.165, 1.54) is 19.3 Å². The Morgan fingerprint density at radius 2 is 2.19 bits per heavy atom. The van der Waals surface area contributed by atoms with Gasteiger partial charge in [0.25, 0.3) is 0 Å². The largest absolute Gasteiger partial charge is 0.339 e. The van der Waals surface area contributed by atoms with Crippen molar-refractivity contribution in [3.63, 3.8) is 0 Å². The van der Waals surface area contributed by atoms with Crippen molar-refractivity contribution < 1.29 is 4.52 Å². The Morgan fingerprint density at radius 1 is 1.33 bits per heavy atom. The van der Waals surface area contributed by atoms with Gasteiger partial charge in [-0.15, -0.1) is 0 Å². The molecule has 21 heavy (non-hydrogen) atoms. The number of hydrogen-bond donors (Lipinski definition) is 1. The van der Waals surface area contributed by atoms with Crippen LogP contribution in [-0.2, 0) is 6.42 Å². The third kappa shape index (κ3) is 2.83. The lowest BCUT2D eigenvalue weighted by Crippen LogP contribution is -2.34. The molecule has 2 aromatic heterocycles. The van der Waals surface area contributed by atoms with Crippen LogP contribution in [-0.4, -0.2) is 28.2 Å². The zero-order valence-electron chi connectivity index (χ0n) is 12.7. The number of aromatic nitrogens is 3. The molecule has 1 N–H and O–H groups in total. The molecule has 0 radical (unpaired) electrons. The number of rotatable bonds is 4. The lowest BCUT2D eigenvalue weighted by Gasteiger charge is -2.28. The quantitative estimate of drug-likeness (QED) is 0.936. The molecule has 3 rings (SSSR count). The van der Waals surface area contributed by atoms with Gasteiger partial charge < -0.3 is 9.84 Å². The van der Waals surface area contributed by atoms with E-state index in [0.29, 0.717) is 17.8 Å². The highest BCUT2D eigenvalue weighted by atomic mass is 16.5. The average molecular weight is 286 g/mol. The summed E-state index contributed by atoms with van der Waals surface area (Å²) < 4.78 is 5.55. The third-order valence-electron chi connectivity index (χ3n) is 4.38. The third-order valence-corrected chi connectivity index (χ3v) is 4.38. The molecule has 1 aliphatic rings. The Labute approximate surface area is 125 Å². The van der Waals surface area contributed by atoms with Crippen LogP contribution in [0.25, 0.3) is 11.5 Å². The normalized spacial score (nSPS) is 22.4. The first-order valence-electron chi connectivity index (χ1n) is 7.78. The van der Waals surface area contributed by atoms with Gasteiger partial charge in [-0.05, 0) is 37.9 Å². The summed E-state index contributed by atoms with van der Waals surface area (Å²) in [4.78, 5) is 9.05. The van der Waals surface area contributed by atoms with E-state index in [1.54, 1.807) is 6.20 Å². The molecule has 5 nitrogen and oxygen atoms in total. The van der Waals surface area contributed by atoms with E-state index < -0.39 is 0 Å². The van der Waals surface area contributed by atoms with Gasteiger partial charge in [0.1, 0.15) is 5.69 Å². The number of nitrogens with one attached hydrogen (secondary N) is 1. The van der Waals surface area contributed by atoms with E-state index in [2.05, 4.69) is 33.4 Å². The molecule has 0 bridgehead atoms. The van der Waals surface area contributed by atoms with E-state index in [-0.39, 0.29) is 0 Å². The van der Waals surface area contributed by atoms with Crippen LogP contribution >= 0.6 is 0 Å². The van der Waals surface area contributed by atoms with Crippen LogP contribution in [0.4, 0.5) is 0 Å².